The number of rotatable bonds is 2. The van der Waals surface area contributed by atoms with Crippen molar-refractivity contribution in [3.8, 4) is 0 Å². The van der Waals surface area contributed by atoms with E-state index >= 15 is 0 Å². The number of nitrogens with one attached hydrogen (secondary N) is 1. The van der Waals surface area contributed by atoms with Gasteiger partial charge in [0.2, 0.25) is 5.91 Å². The zero-order valence-electron chi connectivity index (χ0n) is 11.9. The van der Waals surface area contributed by atoms with Gasteiger partial charge in [-0.25, -0.2) is 0 Å². The van der Waals surface area contributed by atoms with E-state index < -0.39 is 0 Å². The van der Waals surface area contributed by atoms with Crippen molar-refractivity contribution in [2.45, 2.75) is 0 Å². The maximum absolute atomic E-state index is 12.5. The van der Waals surface area contributed by atoms with Crippen LogP contribution in [0.2, 0.25) is 10.0 Å². The Hall–Kier alpha value is -2.30. The van der Waals surface area contributed by atoms with Crippen molar-refractivity contribution in [2.75, 3.05) is 16.8 Å². The van der Waals surface area contributed by atoms with Crippen molar-refractivity contribution in [1.82, 2.24) is 0 Å². The molecular formula is C17H12Cl2N2O2. The minimum Gasteiger partial charge on any atom is -0.323 e. The summed E-state index contributed by atoms with van der Waals surface area (Å²) in [7, 11) is 0. The van der Waals surface area contributed by atoms with E-state index in [-0.39, 0.29) is 18.4 Å². The van der Waals surface area contributed by atoms with Crippen LogP contribution in [0.5, 0.6) is 0 Å². The first-order valence-corrected chi connectivity index (χ1v) is 7.64. The third-order valence-electron chi connectivity index (χ3n) is 3.40. The van der Waals surface area contributed by atoms with Gasteiger partial charge in [-0.15, -0.1) is 0 Å². The Labute approximate surface area is 143 Å². The number of hydrogen-bond acceptors (Lipinski definition) is 2. The maximum Gasteiger partial charge on any atom is 0.251 e. The van der Waals surface area contributed by atoms with E-state index in [1.54, 1.807) is 42.5 Å². The molecule has 1 aliphatic rings. The summed E-state index contributed by atoms with van der Waals surface area (Å²) >= 11 is 12.0. The molecule has 0 spiro atoms. The first-order valence-electron chi connectivity index (χ1n) is 6.88. The molecular weight excluding hydrogens is 335 g/mol. The summed E-state index contributed by atoms with van der Waals surface area (Å²) in [6, 6.07) is 12.2. The van der Waals surface area contributed by atoms with Crippen LogP contribution in [0.25, 0.3) is 6.08 Å². The number of fused-ring (bicyclic) bond motifs is 1. The lowest BCUT2D eigenvalue weighted by molar-refractivity contribution is -0.119. The Balaban J connectivity index is 1.88. The summed E-state index contributed by atoms with van der Waals surface area (Å²) in [4.78, 5) is 25.6. The highest BCUT2D eigenvalue weighted by atomic mass is 35.5. The van der Waals surface area contributed by atoms with Gasteiger partial charge in [-0.2, -0.15) is 0 Å². The van der Waals surface area contributed by atoms with Crippen LogP contribution in [0, 0.1) is 0 Å². The molecule has 0 bridgehead atoms. The summed E-state index contributed by atoms with van der Waals surface area (Å²) in [5.74, 6) is -0.533. The highest BCUT2D eigenvalue weighted by Gasteiger charge is 2.25. The van der Waals surface area contributed by atoms with Crippen LogP contribution in [0.3, 0.4) is 0 Å². The van der Waals surface area contributed by atoms with Crippen molar-refractivity contribution >= 4 is 52.5 Å². The Morgan fingerprint density at radius 3 is 2.78 bits per heavy atom. The summed E-state index contributed by atoms with van der Waals surface area (Å²) in [5.41, 5.74) is 1.92. The molecule has 2 aromatic rings. The summed E-state index contributed by atoms with van der Waals surface area (Å²) in [6.07, 6.45) is 2.97. The Bertz CT molecular complexity index is 818. The highest BCUT2D eigenvalue weighted by molar-refractivity contribution is 6.34. The van der Waals surface area contributed by atoms with E-state index in [4.69, 9.17) is 23.2 Å². The SMILES string of the molecule is O=C1CN(C(=O)/C=C/c2cc(Cl)ccc2Cl)c2ccccc2N1. The molecule has 0 fully saturated rings. The molecule has 0 aliphatic carbocycles. The fourth-order valence-electron chi connectivity index (χ4n) is 2.32. The van der Waals surface area contributed by atoms with Crippen LogP contribution < -0.4 is 10.2 Å². The first-order chi connectivity index (χ1) is 11.0. The van der Waals surface area contributed by atoms with Gasteiger partial charge in [0.15, 0.2) is 0 Å². The van der Waals surface area contributed by atoms with Crippen LogP contribution in [0.4, 0.5) is 11.4 Å². The monoisotopic (exact) mass is 346 g/mol. The van der Waals surface area contributed by atoms with Crippen molar-refractivity contribution in [3.05, 3.63) is 64.1 Å². The fraction of sp³-hybridized carbons (Fsp3) is 0.0588. The molecule has 23 heavy (non-hydrogen) atoms. The van der Waals surface area contributed by atoms with Crippen LogP contribution in [0.15, 0.2) is 48.5 Å². The molecule has 0 aromatic heterocycles. The maximum atomic E-state index is 12.5. The molecule has 1 aliphatic heterocycles. The van der Waals surface area contributed by atoms with Gasteiger partial charge < -0.3 is 5.32 Å². The van der Waals surface area contributed by atoms with Crippen LogP contribution in [-0.4, -0.2) is 18.4 Å². The molecule has 0 saturated carbocycles. The zero-order chi connectivity index (χ0) is 16.4. The molecule has 0 saturated heterocycles. The predicted molar refractivity (Wildman–Crippen MR) is 92.9 cm³/mol. The Kier molecular flexibility index (Phi) is 4.37. The quantitative estimate of drug-likeness (QED) is 0.835. The average Bonchev–Trinajstić information content (AvgIpc) is 2.54. The van der Waals surface area contributed by atoms with Gasteiger partial charge in [-0.1, -0.05) is 35.3 Å². The largest absolute Gasteiger partial charge is 0.323 e. The average molecular weight is 347 g/mol. The van der Waals surface area contributed by atoms with Gasteiger partial charge in [-0.3, -0.25) is 14.5 Å². The number of benzene rings is 2. The smallest absolute Gasteiger partial charge is 0.251 e. The van der Waals surface area contributed by atoms with Crippen LogP contribution in [-0.2, 0) is 9.59 Å². The van der Waals surface area contributed by atoms with Gasteiger partial charge in [0.1, 0.15) is 6.54 Å². The number of amides is 2. The van der Waals surface area contributed by atoms with Gasteiger partial charge in [-0.05, 0) is 42.0 Å². The number of carbonyl (C=O) groups is 2. The summed E-state index contributed by atoms with van der Waals surface area (Å²) in [6.45, 7) is -0.0243. The number of halogens is 2. The molecule has 4 nitrogen and oxygen atoms in total. The summed E-state index contributed by atoms with van der Waals surface area (Å²) < 4.78 is 0. The lowest BCUT2D eigenvalue weighted by Crippen LogP contribution is -2.41. The van der Waals surface area contributed by atoms with Crippen molar-refractivity contribution in [2.24, 2.45) is 0 Å². The molecule has 6 heteroatoms. The second-order valence-corrected chi connectivity index (χ2v) is 5.83. The van der Waals surface area contributed by atoms with E-state index in [1.807, 2.05) is 6.07 Å². The third-order valence-corrected chi connectivity index (χ3v) is 3.98. The van der Waals surface area contributed by atoms with E-state index in [1.165, 1.54) is 11.0 Å². The molecule has 0 radical (unpaired) electrons. The van der Waals surface area contributed by atoms with E-state index in [0.717, 1.165) is 0 Å². The third kappa shape index (κ3) is 3.38. The van der Waals surface area contributed by atoms with Gasteiger partial charge >= 0.3 is 0 Å². The molecule has 1 heterocycles. The van der Waals surface area contributed by atoms with Crippen molar-refractivity contribution in [3.63, 3.8) is 0 Å². The normalized spacial score (nSPS) is 13.8. The number of anilines is 2. The molecule has 3 rings (SSSR count). The fourth-order valence-corrected chi connectivity index (χ4v) is 2.68. The van der Waals surface area contributed by atoms with Gasteiger partial charge in [0.25, 0.3) is 5.91 Å². The van der Waals surface area contributed by atoms with E-state index in [0.29, 0.717) is 27.0 Å². The van der Waals surface area contributed by atoms with Crippen LogP contribution >= 0.6 is 23.2 Å². The second kappa shape index (κ2) is 6.44. The number of carbonyl (C=O) groups excluding carboxylic acids is 2. The number of para-hydroxylation sites is 2. The minimum absolute atomic E-state index is 0.0243. The topological polar surface area (TPSA) is 49.4 Å². The minimum atomic E-state index is -0.302. The molecule has 2 aromatic carbocycles. The van der Waals surface area contributed by atoms with E-state index in [2.05, 4.69) is 5.32 Å². The lowest BCUT2D eigenvalue weighted by Gasteiger charge is -2.28. The standard InChI is InChI=1S/C17H12Cl2N2O2/c18-12-6-7-13(19)11(9-12)5-8-17(23)21-10-16(22)20-14-3-1-2-4-15(14)21/h1-9H,10H2,(H,20,22)/b8-5+. The zero-order valence-corrected chi connectivity index (χ0v) is 13.4. The van der Waals surface area contributed by atoms with Crippen molar-refractivity contribution in [1.29, 1.82) is 0 Å². The number of nitrogens with zero attached hydrogens (tertiary/aromatic N) is 1. The molecule has 116 valence electrons. The Morgan fingerprint density at radius 2 is 1.96 bits per heavy atom. The molecule has 0 unspecified atom stereocenters. The van der Waals surface area contributed by atoms with E-state index in [9.17, 15) is 9.59 Å². The molecule has 2 amide bonds. The second-order valence-electron chi connectivity index (χ2n) is 4.99. The predicted octanol–water partition coefficient (Wildman–Crippen LogP) is 3.99. The lowest BCUT2D eigenvalue weighted by atomic mass is 10.1. The first kappa shape index (κ1) is 15.6. The van der Waals surface area contributed by atoms with Crippen molar-refractivity contribution < 1.29 is 9.59 Å². The van der Waals surface area contributed by atoms with Gasteiger partial charge in [0.05, 0.1) is 11.4 Å². The Morgan fingerprint density at radius 1 is 1.17 bits per heavy atom. The number of hydrogen-bond donors (Lipinski definition) is 1. The van der Waals surface area contributed by atoms with Crippen LogP contribution in [0.1, 0.15) is 5.56 Å². The molecule has 0 atom stereocenters. The molecule has 1 N–H and O–H groups in total. The highest BCUT2D eigenvalue weighted by Crippen LogP contribution is 2.29. The summed E-state index contributed by atoms with van der Waals surface area (Å²) in [5, 5.41) is 3.77. The van der Waals surface area contributed by atoms with Gasteiger partial charge in [0, 0.05) is 16.1 Å².